The summed E-state index contributed by atoms with van der Waals surface area (Å²) in [5, 5.41) is 11.5. The van der Waals surface area contributed by atoms with E-state index in [2.05, 4.69) is 49.7 Å². The lowest BCUT2D eigenvalue weighted by atomic mass is 9.89. The van der Waals surface area contributed by atoms with Crippen molar-refractivity contribution < 1.29 is 0 Å². The summed E-state index contributed by atoms with van der Waals surface area (Å²) in [7, 11) is 0. The van der Waals surface area contributed by atoms with Crippen LogP contribution < -0.4 is 16.0 Å². The fourth-order valence-electron chi connectivity index (χ4n) is 3.01. The van der Waals surface area contributed by atoms with Crippen LogP contribution in [0.1, 0.15) is 46.1 Å². The Bertz CT molecular complexity index is 550. The highest BCUT2D eigenvalue weighted by atomic mass is 35.5. The number of rotatable bonds is 7. The molecule has 128 valence electrons. The number of amidine groups is 1. The molecule has 2 rings (SSSR count). The van der Waals surface area contributed by atoms with Crippen molar-refractivity contribution in [2.45, 2.75) is 46.2 Å². The van der Waals surface area contributed by atoms with E-state index in [0.717, 1.165) is 49.0 Å². The number of halogens is 1. The quantitative estimate of drug-likeness (QED) is 0.660. The highest BCUT2D eigenvalue weighted by Crippen LogP contribution is 2.36. The first-order chi connectivity index (χ1) is 11.0. The number of nitrogens with one attached hydrogen (secondary N) is 3. The second-order valence-corrected chi connectivity index (χ2v) is 6.69. The van der Waals surface area contributed by atoms with Crippen LogP contribution in [0.25, 0.3) is 0 Å². The molecule has 1 aliphatic heterocycles. The minimum atomic E-state index is -0.289. The highest BCUT2D eigenvalue weighted by molar-refractivity contribution is 6.31. The monoisotopic (exact) mass is 336 g/mol. The first-order valence-electron chi connectivity index (χ1n) is 8.65. The van der Waals surface area contributed by atoms with Crippen molar-refractivity contribution in [1.82, 2.24) is 10.6 Å². The molecule has 5 heteroatoms. The number of nitrogens with zero attached hydrogens (tertiary/aromatic N) is 1. The molecule has 0 fully saturated rings. The highest BCUT2D eigenvalue weighted by Gasteiger charge is 2.37. The largest absolute Gasteiger partial charge is 0.344 e. The molecule has 0 amide bonds. The molecule has 0 aromatic heterocycles. The van der Waals surface area contributed by atoms with E-state index in [1.807, 2.05) is 12.1 Å². The molecule has 1 aliphatic rings. The van der Waals surface area contributed by atoms with Crippen molar-refractivity contribution in [3.05, 3.63) is 28.8 Å². The Balaban J connectivity index is 2.40. The molecule has 0 spiro atoms. The Morgan fingerprint density at radius 3 is 2.57 bits per heavy atom. The van der Waals surface area contributed by atoms with Gasteiger partial charge in [-0.05, 0) is 31.1 Å². The summed E-state index contributed by atoms with van der Waals surface area (Å²) in [6.45, 7) is 11.3. The van der Waals surface area contributed by atoms with Crippen molar-refractivity contribution in [2.75, 3.05) is 25.0 Å². The van der Waals surface area contributed by atoms with E-state index >= 15 is 0 Å². The second kappa shape index (κ2) is 8.13. The van der Waals surface area contributed by atoms with Gasteiger partial charge < -0.3 is 5.32 Å². The topological polar surface area (TPSA) is 48.5 Å². The van der Waals surface area contributed by atoms with Gasteiger partial charge in [0.1, 0.15) is 11.5 Å². The lowest BCUT2D eigenvalue weighted by Gasteiger charge is -2.41. The molecule has 0 saturated heterocycles. The molecular weight excluding hydrogens is 308 g/mol. The number of aliphatic imine (C=N–C) groups is 1. The average Bonchev–Trinajstić information content (AvgIpc) is 2.52. The molecule has 4 nitrogen and oxygen atoms in total. The van der Waals surface area contributed by atoms with E-state index in [1.165, 1.54) is 5.56 Å². The molecule has 0 radical (unpaired) electrons. The fraction of sp³-hybridized carbons (Fsp3) is 0.611. The fourth-order valence-corrected chi connectivity index (χ4v) is 3.18. The van der Waals surface area contributed by atoms with Gasteiger partial charge in [-0.2, -0.15) is 0 Å². The summed E-state index contributed by atoms with van der Waals surface area (Å²) >= 11 is 6.20. The summed E-state index contributed by atoms with van der Waals surface area (Å²) in [5.74, 6) is 1.61. The summed E-state index contributed by atoms with van der Waals surface area (Å²) in [4.78, 5) is 4.82. The summed E-state index contributed by atoms with van der Waals surface area (Å²) < 4.78 is 0. The van der Waals surface area contributed by atoms with Crippen LogP contribution >= 0.6 is 11.6 Å². The Labute approximate surface area is 145 Å². The predicted molar refractivity (Wildman–Crippen MR) is 100 cm³/mol. The molecule has 3 N–H and O–H groups in total. The average molecular weight is 337 g/mol. The number of hydrogen-bond donors (Lipinski definition) is 3. The van der Waals surface area contributed by atoms with E-state index in [-0.39, 0.29) is 5.66 Å². The third-order valence-corrected chi connectivity index (χ3v) is 4.64. The number of fused-ring (bicyclic) bond motifs is 1. The first kappa shape index (κ1) is 18.2. The third-order valence-electron chi connectivity index (χ3n) is 4.40. The maximum Gasteiger partial charge on any atom is 0.104 e. The van der Waals surface area contributed by atoms with Gasteiger partial charge in [-0.15, -0.1) is 0 Å². The van der Waals surface area contributed by atoms with Crippen molar-refractivity contribution >= 4 is 23.1 Å². The molecule has 0 saturated carbocycles. The molecule has 1 heterocycles. The van der Waals surface area contributed by atoms with Gasteiger partial charge in [0.25, 0.3) is 0 Å². The number of anilines is 1. The molecule has 1 aromatic rings. The Kier molecular flexibility index (Phi) is 6.45. The Hall–Kier alpha value is -1.10. The van der Waals surface area contributed by atoms with Crippen LogP contribution in [0.4, 0.5) is 5.69 Å². The van der Waals surface area contributed by atoms with E-state index < -0.39 is 0 Å². The first-order valence-corrected chi connectivity index (χ1v) is 9.02. The smallest absolute Gasteiger partial charge is 0.104 e. The summed E-state index contributed by atoms with van der Waals surface area (Å²) in [6.07, 6.45) is 1.95. The van der Waals surface area contributed by atoms with Gasteiger partial charge in [0.05, 0.1) is 0 Å². The van der Waals surface area contributed by atoms with Gasteiger partial charge in [0.15, 0.2) is 0 Å². The van der Waals surface area contributed by atoms with Gasteiger partial charge in [-0.3, -0.25) is 15.6 Å². The van der Waals surface area contributed by atoms with Gasteiger partial charge in [0, 0.05) is 29.2 Å². The zero-order valence-corrected chi connectivity index (χ0v) is 15.4. The molecule has 1 aromatic carbocycles. The standard InChI is InChI=1S/C18H29ClN4/c1-5-13(4)12-20-17-11-18(21-6-2,22-7-3)15-9-8-14(19)10-16(15)23-17/h8-10,13,21-22H,5-7,11-12H2,1-4H3,(H,20,23). The van der Waals surface area contributed by atoms with Crippen LogP contribution in [-0.2, 0) is 5.66 Å². The predicted octanol–water partition coefficient (Wildman–Crippen LogP) is 3.97. The van der Waals surface area contributed by atoms with Crippen molar-refractivity contribution in [3.63, 3.8) is 0 Å². The van der Waals surface area contributed by atoms with Crippen LogP contribution in [0.2, 0.25) is 5.02 Å². The molecular formula is C18H29ClN4. The number of benzene rings is 1. The van der Waals surface area contributed by atoms with Gasteiger partial charge >= 0.3 is 0 Å². The third kappa shape index (κ3) is 4.25. The van der Waals surface area contributed by atoms with E-state index in [9.17, 15) is 0 Å². The van der Waals surface area contributed by atoms with Crippen LogP contribution in [0.15, 0.2) is 23.2 Å². The normalized spacial score (nSPS) is 19.3. The Morgan fingerprint density at radius 1 is 1.26 bits per heavy atom. The molecule has 0 aliphatic carbocycles. The molecule has 1 unspecified atom stereocenters. The van der Waals surface area contributed by atoms with Gasteiger partial charge in [-0.1, -0.05) is 51.8 Å². The minimum absolute atomic E-state index is 0.289. The lowest BCUT2D eigenvalue weighted by molar-refractivity contribution is 0.278. The SMILES string of the molecule is CCNC1(NCC)CC(=NCC(C)CC)Nc2cc(Cl)ccc21. The maximum absolute atomic E-state index is 6.20. The second-order valence-electron chi connectivity index (χ2n) is 6.26. The maximum atomic E-state index is 6.20. The van der Waals surface area contributed by atoms with Crippen molar-refractivity contribution in [1.29, 1.82) is 0 Å². The van der Waals surface area contributed by atoms with Crippen molar-refractivity contribution in [3.8, 4) is 0 Å². The minimum Gasteiger partial charge on any atom is -0.344 e. The Morgan fingerprint density at radius 2 is 1.96 bits per heavy atom. The van der Waals surface area contributed by atoms with Crippen LogP contribution in [0, 0.1) is 5.92 Å². The van der Waals surface area contributed by atoms with Crippen LogP contribution in [-0.4, -0.2) is 25.5 Å². The molecule has 23 heavy (non-hydrogen) atoms. The van der Waals surface area contributed by atoms with Crippen LogP contribution in [0.5, 0.6) is 0 Å². The van der Waals surface area contributed by atoms with Gasteiger partial charge in [-0.25, -0.2) is 0 Å². The summed E-state index contributed by atoms with van der Waals surface area (Å²) in [5.41, 5.74) is 1.95. The number of hydrogen-bond acceptors (Lipinski definition) is 3. The zero-order valence-electron chi connectivity index (χ0n) is 14.7. The van der Waals surface area contributed by atoms with Crippen molar-refractivity contribution in [2.24, 2.45) is 10.9 Å². The lowest BCUT2D eigenvalue weighted by Crippen LogP contribution is -2.58. The molecule has 0 bridgehead atoms. The van der Waals surface area contributed by atoms with E-state index in [4.69, 9.17) is 16.6 Å². The van der Waals surface area contributed by atoms with Crippen LogP contribution in [0.3, 0.4) is 0 Å². The van der Waals surface area contributed by atoms with E-state index in [1.54, 1.807) is 0 Å². The molecule has 1 atom stereocenters. The van der Waals surface area contributed by atoms with E-state index in [0.29, 0.717) is 5.92 Å². The summed E-state index contributed by atoms with van der Waals surface area (Å²) in [6, 6.07) is 6.03. The van der Waals surface area contributed by atoms with Gasteiger partial charge in [0.2, 0.25) is 0 Å². The zero-order chi connectivity index (χ0) is 16.9.